The molecule has 0 atom stereocenters. The van der Waals surface area contributed by atoms with Crippen molar-refractivity contribution >= 4 is 5.82 Å². The zero-order valence-corrected chi connectivity index (χ0v) is 15.1. The number of nitrogens with zero attached hydrogens (tertiary/aromatic N) is 3. The summed E-state index contributed by atoms with van der Waals surface area (Å²) in [6, 6.07) is 12.9. The lowest BCUT2D eigenvalue weighted by molar-refractivity contribution is 0.311. The number of likely N-dealkylation sites (N-methyl/N-ethyl adjacent to an activating group) is 1. The number of pyridine rings is 1. The Hall–Kier alpha value is -2.07. The highest BCUT2D eigenvalue weighted by atomic mass is 16.5. The molecular weight excluding hydrogens is 310 g/mol. The molecule has 4 rings (SSSR count). The molecule has 25 heavy (non-hydrogen) atoms. The van der Waals surface area contributed by atoms with Crippen molar-refractivity contribution in [3.63, 3.8) is 0 Å². The van der Waals surface area contributed by atoms with E-state index < -0.39 is 0 Å². The number of hydrogen-bond acceptors (Lipinski definition) is 4. The lowest BCUT2D eigenvalue weighted by atomic mass is 10.1. The number of rotatable bonds is 5. The summed E-state index contributed by atoms with van der Waals surface area (Å²) < 4.78 is 5.97. The summed E-state index contributed by atoms with van der Waals surface area (Å²) in [5.74, 6) is 2.10. The van der Waals surface area contributed by atoms with Crippen LogP contribution in [-0.2, 0) is 19.3 Å². The van der Waals surface area contributed by atoms with Gasteiger partial charge in [0, 0.05) is 38.3 Å². The van der Waals surface area contributed by atoms with Gasteiger partial charge in [-0.15, -0.1) is 0 Å². The van der Waals surface area contributed by atoms with E-state index in [4.69, 9.17) is 9.72 Å². The van der Waals surface area contributed by atoms with Crippen molar-refractivity contribution in [2.75, 3.05) is 44.7 Å². The van der Waals surface area contributed by atoms with Crippen LogP contribution >= 0.6 is 0 Å². The predicted molar refractivity (Wildman–Crippen MR) is 102 cm³/mol. The van der Waals surface area contributed by atoms with Gasteiger partial charge in [-0.25, -0.2) is 4.98 Å². The second-order valence-electron chi connectivity index (χ2n) is 7.16. The van der Waals surface area contributed by atoms with Gasteiger partial charge < -0.3 is 14.5 Å². The van der Waals surface area contributed by atoms with Gasteiger partial charge in [-0.2, -0.15) is 0 Å². The minimum Gasteiger partial charge on any atom is -0.493 e. The molecule has 2 heterocycles. The number of benzene rings is 1. The Morgan fingerprint density at radius 3 is 2.72 bits per heavy atom. The van der Waals surface area contributed by atoms with Crippen LogP contribution in [-0.4, -0.2) is 49.7 Å². The summed E-state index contributed by atoms with van der Waals surface area (Å²) in [5.41, 5.74) is 4.07. The predicted octanol–water partition coefficient (Wildman–Crippen LogP) is 2.94. The van der Waals surface area contributed by atoms with E-state index in [0.29, 0.717) is 6.61 Å². The first-order valence-electron chi connectivity index (χ1n) is 9.42. The first-order valence-corrected chi connectivity index (χ1v) is 9.42. The maximum atomic E-state index is 5.97. The number of piperazine rings is 1. The summed E-state index contributed by atoms with van der Waals surface area (Å²) in [6.07, 6.45) is 4.54. The highest BCUT2D eigenvalue weighted by Gasteiger charge is 2.15. The molecule has 2 aromatic rings. The molecule has 1 aliphatic heterocycles. The van der Waals surface area contributed by atoms with Gasteiger partial charge in [-0.05, 0) is 61.7 Å². The monoisotopic (exact) mass is 337 g/mol. The lowest BCUT2D eigenvalue weighted by Crippen LogP contribution is -2.44. The van der Waals surface area contributed by atoms with Gasteiger partial charge in [0.15, 0.2) is 0 Å². The van der Waals surface area contributed by atoms with Crippen LogP contribution in [0.5, 0.6) is 5.75 Å². The Bertz CT molecular complexity index is 723. The molecule has 0 saturated carbocycles. The summed E-state index contributed by atoms with van der Waals surface area (Å²) >= 11 is 0. The van der Waals surface area contributed by atoms with Crippen LogP contribution in [0.4, 0.5) is 5.82 Å². The zero-order chi connectivity index (χ0) is 17.1. The van der Waals surface area contributed by atoms with Crippen LogP contribution in [0, 0.1) is 0 Å². The maximum Gasteiger partial charge on any atom is 0.128 e. The molecule has 0 unspecified atom stereocenters. The average Bonchev–Trinajstić information content (AvgIpc) is 3.10. The van der Waals surface area contributed by atoms with Crippen molar-refractivity contribution in [3.8, 4) is 5.75 Å². The van der Waals surface area contributed by atoms with Crippen molar-refractivity contribution in [3.05, 3.63) is 53.2 Å². The molecule has 132 valence electrons. The summed E-state index contributed by atoms with van der Waals surface area (Å²) in [5, 5.41) is 0. The topological polar surface area (TPSA) is 28.6 Å². The third-order valence-corrected chi connectivity index (χ3v) is 5.32. The Kier molecular flexibility index (Phi) is 4.88. The van der Waals surface area contributed by atoms with Gasteiger partial charge in [0.25, 0.3) is 0 Å². The van der Waals surface area contributed by atoms with E-state index in [0.717, 1.165) is 49.9 Å². The number of fused-ring (bicyclic) bond motifs is 1. The van der Waals surface area contributed by atoms with Crippen LogP contribution in [0.25, 0.3) is 0 Å². The number of anilines is 1. The van der Waals surface area contributed by atoms with Crippen LogP contribution in [0.15, 0.2) is 36.4 Å². The maximum absolute atomic E-state index is 5.97. The van der Waals surface area contributed by atoms with Crippen molar-refractivity contribution < 1.29 is 4.74 Å². The highest BCUT2D eigenvalue weighted by molar-refractivity contribution is 5.40. The molecular formula is C21H27N3O. The van der Waals surface area contributed by atoms with Crippen molar-refractivity contribution in [1.82, 2.24) is 9.88 Å². The van der Waals surface area contributed by atoms with Gasteiger partial charge in [0.2, 0.25) is 0 Å². The first-order chi connectivity index (χ1) is 12.3. The molecule has 1 aliphatic carbocycles. The fraction of sp³-hybridized carbons (Fsp3) is 0.476. The van der Waals surface area contributed by atoms with Gasteiger partial charge in [0.1, 0.15) is 11.6 Å². The average molecular weight is 337 g/mol. The fourth-order valence-electron chi connectivity index (χ4n) is 3.73. The summed E-state index contributed by atoms with van der Waals surface area (Å²) in [6.45, 7) is 5.00. The van der Waals surface area contributed by atoms with Crippen molar-refractivity contribution in [2.45, 2.75) is 25.7 Å². The standard InChI is InChI=1S/C21H27N3O/c1-23-11-13-24(14-12-23)21-7-3-6-19(22-21)10-15-25-20-9-8-17-4-2-5-18(17)16-20/h3,6-9,16H,2,4-5,10-15H2,1H3. The summed E-state index contributed by atoms with van der Waals surface area (Å²) in [7, 11) is 2.18. The smallest absolute Gasteiger partial charge is 0.128 e. The fourth-order valence-corrected chi connectivity index (χ4v) is 3.73. The van der Waals surface area contributed by atoms with E-state index in [-0.39, 0.29) is 0 Å². The van der Waals surface area contributed by atoms with Gasteiger partial charge in [-0.3, -0.25) is 0 Å². The minimum atomic E-state index is 0.679. The van der Waals surface area contributed by atoms with E-state index in [1.54, 1.807) is 0 Å². The Balaban J connectivity index is 1.33. The van der Waals surface area contributed by atoms with E-state index >= 15 is 0 Å². The molecule has 0 radical (unpaired) electrons. The first kappa shape index (κ1) is 16.4. The third-order valence-electron chi connectivity index (χ3n) is 5.32. The minimum absolute atomic E-state index is 0.679. The Morgan fingerprint density at radius 1 is 1.00 bits per heavy atom. The lowest BCUT2D eigenvalue weighted by Gasteiger charge is -2.33. The van der Waals surface area contributed by atoms with Gasteiger partial charge >= 0.3 is 0 Å². The van der Waals surface area contributed by atoms with Crippen molar-refractivity contribution in [2.24, 2.45) is 0 Å². The molecule has 0 amide bonds. The van der Waals surface area contributed by atoms with Crippen LogP contribution in [0.2, 0.25) is 0 Å². The molecule has 1 aromatic heterocycles. The molecule has 1 fully saturated rings. The molecule has 0 N–H and O–H groups in total. The molecule has 1 saturated heterocycles. The SMILES string of the molecule is CN1CCN(c2cccc(CCOc3ccc4c(c3)CCC4)n2)CC1. The number of aryl methyl sites for hydroxylation is 2. The van der Waals surface area contributed by atoms with E-state index in [1.807, 2.05) is 0 Å². The zero-order valence-electron chi connectivity index (χ0n) is 15.1. The quantitative estimate of drug-likeness (QED) is 0.839. The van der Waals surface area contributed by atoms with E-state index in [2.05, 4.69) is 53.2 Å². The van der Waals surface area contributed by atoms with Crippen LogP contribution in [0.1, 0.15) is 23.2 Å². The van der Waals surface area contributed by atoms with Gasteiger partial charge in [-0.1, -0.05) is 12.1 Å². The third kappa shape index (κ3) is 3.96. The molecule has 2 aliphatic rings. The summed E-state index contributed by atoms with van der Waals surface area (Å²) in [4.78, 5) is 9.58. The molecule has 0 bridgehead atoms. The molecule has 1 aromatic carbocycles. The van der Waals surface area contributed by atoms with Gasteiger partial charge in [0.05, 0.1) is 6.61 Å². The van der Waals surface area contributed by atoms with E-state index in [9.17, 15) is 0 Å². The number of ether oxygens (including phenoxy) is 1. The second-order valence-corrected chi connectivity index (χ2v) is 7.16. The highest BCUT2D eigenvalue weighted by Crippen LogP contribution is 2.26. The second kappa shape index (κ2) is 7.44. The van der Waals surface area contributed by atoms with Crippen LogP contribution < -0.4 is 9.64 Å². The van der Waals surface area contributed by atoms with Crippen molar-refractivity contribution in [1.29, 1.82) is 0 Å². The number of aromatic nitrogens is 1. The Morgan fingerprint density at radius 2 is 1.84 bits per heavy atom. The normalized spacial score (nSPS) is 17.6. The molecule has 4 nitrogen and oxygen atoms in total. The van der Waals surface area contributed by atoms with Crippen LogP contribution in [0.3, 0.4) is 0 Å². The van der Waals surface area contributed by atoms with E-state index in [1.165, 1.54) is 30.4 Å². The Labute approximate surface area is 150 Å². The largest absolute Gasteiger partial charge is 0.493 e. The molecule has 0 spiro atoms. The molecule has 4 heteroatoms. The number of hydrogen-bond donors (Lipinski definition) is 0.